The van der Waals surface area contributed by atoms with Crippen LogP contribution >= 0.6 is 0 Å². The second-order valence-electron chi connectivity index (χ2n) is 6.45. The molecule has 3 rings (SSSR count). The first-order valence-electron chi connectivity index (χ1n) is 8.44. The smallest absolute Gasteiger partial charge is 0.315 e. The SMILES string of the molecule is CC(NC(=O)NC1COc2c(F)cc(F)cc2C1)c1ccc(S(C)=O)cc1. The van der Waals surface area contributed by atoms with Gasteiger partial charge in [0.15, 0.2) is 11.6 Å². The van der Waals surface area contributed by atoms with Crippen molar-refractivity contribution in [3.8, 4) is 5.75 Å². The summed E-state index contributed by atoms with van der Waals surface area (Å²) in [4.78, 5) is 13.0. The third-order valence-electron chi connectivity index (χ3n) is 4.38. The van der Waals surface area contributed by atoms with Gasteiger partial charge in [-0.05, 0) is 37.1 Å². The van der Waals surface area contributed by atoms with Crippen LogP contribution in [0.4, 0.5) is 13.6 Å². The first kappa shape index (κ1) is 19.3. The van der Waals surface area contributed by atoms with Gasteiger partial charge in [0, 0.05) is 33.6 Å². The van der Waals surface area contributed by atoms with E-state index < -0.39 is 34.5 Å². The van der Waals surface area contributed by atoms with Gasteiger partial charge in [-0.15, -0.1) is 0 Å². The molecule has 2 amide bonds. The van der Waals surface area contributed by atoms with Crippen LogP contribution in [-0.4, -0.2) is 29.1 Å². The highest BCUT2D eigenvalue weighted by Gasteiger charge is 2.25. The van der Waals surface area contributed by atoms with E-state index in [2.05, 4.69) is 10.6 Å². The van der Waals surface area contributed by atoms with Gasteiger partial charge in [-0.2, -0.15) is 0 Å². The fraction of sp³-hybridized carbons (Fsp3) is 0.316. The van der Waals surface area contributed by atoms with Crippen molar-refractivity contribution < 1.29 is 22.5 Å². The van der Waals surface area contributed by atoms with Crippen molar-refractivity contribution >= 4 is 16.8 Å². The lowest BCUT2D eigenvalue weighted by molar-refractivity contribution is 0.208. The van der Waals surface area contributed by atoms with Gasteiger partial charge >= 0.3 is 6.03 Å². The maximum absolute atomic E-state index is 13.7. The van der Waals surface area contributed by atoms with Gasteiger partial charge in [0.2, 0.25) is 0 Å². The summed E-state index contributed by atoms with van der Waals surface area (Å²) in [5.41, 5.74) is 1.26. The Kier molecular flexibility index (Phi) is 5.74. The van der Waals surface area contributed by atoms with E-state index >= 15 is 0 Å². The highest BCUT2D eigenvalue weighted by Crippen LogP contribution is 2.29. The zero-order valence-electron chi connectivity index (χ0n) is 14.9. The number of carbonyl (C=O) groups is 1. The fourth-order valence-corrected chi connectivity index (χ4v) is 3.50. The molecule has 0 bridgehead atoms. The van der Waals surface area contributed by atoms with Crippen molar-refractivity contribution in [2.75, 3.05) is 12.9 Å². The van der Waals surface area contributed by atoms with Gasteiger partial charge in [0.1, 0.15) is 12.4 Å². The van der Waals surface area contributed by atoms with Crippen LogP contribution in [0.3, 0.4) is 0 Å². The van der Waals surface area contributed by atoms with Crippen LogP contribution in [0.15, 0.2) is 41.3 Å². The van der Waals surface area contributed by atoms with Crippen LogP contribution in [0.5, 0.6) is 5.75 Å². The summed E-state index contributed by atoms with van der Waals surface area (Å²) in [6, 6.07) is 8.08. The van der Waals surface area contributed by atoms with Gasteiger partial charge < -0.3 is 15.4 Å². The van der Waals surface area contributed by atoms with E-state index in [-0.39, 0.29) is 24.8 Å². The Bertz CT molecular complexity index is 874. The van der Waals surface area contributed by atoms with Crippen LogP contribution in [0.1, 0.15) is 24.1 Å². The number of ether oxygens (including phenoxy) is 1. The normalized spacial score (nSPS) is 18.0. The molecule has 0 spiro atoms. The molecule has 5 nitrogen and oxygen atoms in total. The molecule has 0 fully saturated rings. The first-order valence-corrected chi connectivity index (χ1v) is 10.0. The molecular formula is C19H20F2N2O3S. The average Bonchev–Trinajstić information content (AvgIpc) is 2.61. The van der Waals surface area contributed by atoms with E-state index in [0.29, 0.717) is 10.5 Å². The summed E-state index contributed by atoms with van der Waals surface area (Å²) in [5, 5.41) is 5.57. The monoisotopic (exact) mass is 394 g/mol. The number of hydrogen-bond acceptors (Lipinski definition) is 3. The highest BCUT2D eigenvalue weighted by molar-refractivity contribution is 7.84. The van der Waals surface area contributed by atoms with Gasteiger partial charge in [0.05, 0.1) is 12.1 Å². The van der Waals surface area contributed by atoms with Gasteiger partial charge in [-0.1, -0.05) is 12.1 Å². The molecule has 2 N–H and O–H groups in total. The Morgan fingerprint density at radius 2 is 1.96 bits per heavy atom. The fourth-order valence-electron chi connectivity index (χ4n) is 2.98. The standard InChI is InChI=1S/C19H20F2N2O3S/c1-11(12-3-5-16(6-4-12)27(2)25)22-19(24)23-15-8-13-7-14(20)9-17(21)18(13)26-10-15/h3-7,9,11,15H,8,10H2,1-2H3,(H2,22,23,24). The summed E-state index contributed by atoms with van der Waals surface area (Å²) < 4.78 is 43.8. The summed E-state index contributed by atoms with van der Waals surface area (Å²) in [7, 11) is -1.05. The molecule has 2 aromatic rings. The Morgan fingerprint density at radius 3 is 2.63 bits per heavy atom. The third kappa shape index (κ3) is 4.63. The summed E-state index contributed by atoms with van der Waals surface area (Å²) in [5.74, 6) is -1.38. The maximum Gasteiger partial charge on any atom is 0.315 e. The molecule has 1 heterocycles. The molecule has 144 valence electrons. The molecule has 1 aliphatic heterocycles. The van der Waals surface area contributed by atoms with Crippen molar-refractivity contribution in [3.63, 3.8) is 0 Å². The third-order valence-corrected chi connectivity index (χ3v) is 5.31. The second-order valence-corrected chi connectivity index (χ2v) is 7.83. The van der Waals surface area contributed by atoms with Crippen molar-refractivity contribution in [3.05, 3.63) is 59.2 Å². The van der Waals surface area contributed by atoms with E-state index in [1.54, 1.807) is 18.4 Å². The van der Waals surface area contributed by atoms with E-state index in [0.717, 1.165) is 11.6 Å². The number of hydrogen-bond donors (Lipinski definition) is 2. The van der Waals surface area contributed by atoms with Crippen molar-refractivity contribution in [1.82, 2.24) is 10.6 Å². The summed E-state index contributed by atoms with van der Waals surface area (Å²) in [6.45, 7) is 1.93. The van der Waals surface area contributed by atoms with Crippen LogP contribution in [0, 0.1) is 11.6 Å². The molecule has 3 atom stereocenters. The Hall–Kier alpha value is -2.48. The number of carbonyl (C=O) groups excluding carboxylic acids is 1. The molecule has 2 aromatic carbocycles. The molecule has 3 unspecified atom stereocenters. The van der Waals surface area contributed by atoms with Crippen LogP contribution in [0.25, 0.3) is 0 Å². The first-order chi connectivity index (χ1) is 12.8. The topological polar surface area (TPSA) is 67.4 Å². The molecule has 27 heavy (non-hydrogen) atoms. The second kappa shape index (κ2) is 8.04. The van der Waals surface area contributed by atoms with E-state index in [4.69, 9.17) is 4.74 Å². The molecule has 0 aliphatic carbocycles. The lowest BCUT2D eigenvalue weighted by Gasteiger charge is -2.27. The number of rotatable bonds is 4. The number of nitrogens with one attached hydrogen (secondary N) is 2. The number of amides is 2. The Balaban J connectivity index is 1.58. The van der Waals surface area contributed by atoms with Gasteiger partial charge in [-0.3, -0.25) is 4.21 Å². The van der Waals surface area contributed by atoms with E-state index in [1.807, 2.05) is 19.1 Å². The molecule has 0 saturated heterocycles. The van der Waals surface area contributed by atoms with Crippen LogP contribution in [0.2, 0.25) is 0 Å². The molecular weight excluding hydrogens is 374 g/mol. The highest BCUT2D eigenvalue weighted by atomic mass is 32.2. The van der Waals surface area contributed by atoms with Crippen molar-refractivity contribution in [1.29, 1.82) is 0 Å². The Morgan fingerprint density at radius 1 is 1.26 bits per heavy atom. The zero-order chi connectivity index (χ0) is 19.6. The molecule has 1 aliphatic rings. The molecule has 0 aromatic heterocycles. The zero-order valence-corrected chi connectivity index (χ0v) is 15.7. The summed E-state index contributed by atoms with van der Waals surface area (Å²) in [6.07, 6.45) is 1.88. The summed E-state index contributed by atoms with van der Waals surface area (Å²) >= 11 is 0. The van der Waals surface area contributed by atoms with Crippen molar-refractivity contribution in [2.45, 2.75) is 30.3 Å². The minimum absolute atomic E-state index is 0.0385. The number of urea groups is 1. The minimum Gasteiger partial charge on any atom is -0.488 e. The van der Waals surface area contributed by atoms with Crippen LogP contribution < -0.4 is 15.4 Å². The average molecular weight is 394 g/mol. The van der Waals surface area contributed by atoms with Crippen molar-refractivity contribution in [2.24, 2.45) is 0 Å². The van der Waals surface area contributed by atoms with E-state index in [9.17, 15) is 17.8 Å². The minimum atomic E-state index is -1.05. The Labute approximate surface area is 158 Å². The molecule has 0 radical (unpaired) electrons. The lowest BCUT2D eigenvalue weighted by atomic mass is 10.0. The van der Waals surface area contributed by atoms with Gasteiger partial charge in [0.25, 0.3) is 0 Å². The molecule has 0 saturated carbocycles. The number of halogens is 2. The quantitative estimate of drug-likeness (QED) is 0.838. The predicted molar refractivity (Wildman–Crippen MR) is 98.2 cm³/mol. The lowest BCUT2D eigenvalue weighted by Crippen LogP contribution is -2.47. The maximum atomic E-state index is 13.7. The predicted octanol–water partition coefficient (Wildman–Crippen LogP) is 3.07. The van der Waals surface area contributed by atoms with E-state index in [1.165, 1.54) is 6.07 Å². The largest absolute Gasteiger partial charge is 0.488 e. The molecule has 8 heteroatoms. The van der Waals surface area contributed by atoms with Crippen LogP contribution in [-0.2, 0) is 17.2 Å². The number of fused-ring (bicyclic) bond motifs is 1. The van der Waals surface area contributed by atoms with Gasteiger partial charge in [-0.25, -0.2) is 13.6 Å². The number of benzene rings is 2.